The highest BCUT2D eigenvalue weighted by molar-refractivity contribution is 5.30. The Morgan fingerprint density at radius 2 is 2.31 bits per heavy atom. The molecule has 0 amide bonds. The molecule has 0 atom stereocenters. The van der Waals surface area contributed by atoms with Gasteiger partial charge in [-0.15, -0.1) is 0 Å². The van der Waals surface area contributed by atoms with Gasteiger partial charge in [0.05, 0.1) is 12.7 Å². The SMILES string of the molecule is CC1=CC=C(Cn2cc(CN)cn2)C=CC1. The van der Waals surface area contributed by atoms with Crippen molar-refractivity contribution in [2.24, 2.45) is 5.73 Å². The molecule has 1 aromatic heterocycles. The average Bonchev–Trinajstić information content (AvgIpc) is 2.63. The standard InChI is InChI=1S/C13H17N3/c1-11-3-2-4-12(6-5-11)9-16-10-13(7-14)8-15-16/h2,4-6,8,10H,3,7,9,14H2,1H3. The van der Waals surface area contributed by atoms with Gasteiger partial charge in [0.15, 0.2) is 0 Å². The van der Waals surface area contributed by atoms with Crippen LogP contribution < -0.4 is 5.73 Å². The molecule has 0 unspecified atom stereocenters. The first-order chi connectivity index (χ1) is 7.78. The number of aromatic nitrogens is 2. The Kier molecular flexibility index (Phi) is 3.37. The molecule has 1 aliphatic carbocycles. The second kappa shape index (κ2) is 4.94. The molecule has 16 heavy (non-hydrogen) atoms. The molecule has 0 spiro atoms. The van der Waals surface area contributed by atoms with Gasteiger partial charge in [-0.1, -0.05) is 29.9 Å². The molecule has 2 N–H and O–H groups in total. The molecule has 0 saturated carbocycles. The van der Waals surface area contributed by atoms with Crippen molar-refractivity contribution in [1.29, 1.82) is 0 Å². The van der Waals surface area contributed by atoms with Gasteiger partial charge in [0.25, 0.3) is 0 Å². The summed E-state index contributed by atoms with van der Waals surface area (Å²) in [6.45, 7) is 3.50. The van der Waals surface area contributed by atoms with E-state index in [1.165, 1.54) is 11.1 Å². The summed E-state index contributed by atoms with van der Waals surface area (Å²) in [6, 6.07) is 0. The van der Waals surface area contributed by atoms with Gasteiger partial charge in [-0.3, -0.25) is 4.68 Å². The molecule has 84 valence electrons. The third-order valence-corrected chi connectivity index (χ3v) is 2.62. The summed E-state index contributed by atoms with van der Waals surface area (Å²) in [5, 5.41) is 4.27. The number of hydrogen-bond donors (Lipinski definition) is 1. The topological polar surface area (TPSA) is 43.8 Å². The predicted octanol–water partition coefficient (Wildman–Crippen LogP) is 2.17. The lowest BCUT2D eigenvalue weighted by Crippen LogP contribution is -2.00. The normalized spacial score (nSPS) is 15.6. The molecule has 1 heterocycles. The van der Waals surface area contributed by atoms with E-state index in [-0.39, 0.29) is 0 Å². The van der Waals surface area contributed by atoms with Crippen LogP contribution >= 0.6 is 0 Å². The van der Waals surface area contributed by atoms with Gasteiger partial charge in [-0.05, 0) is 18.9 Å². The molecular formula is C13H17N3. The second-order valence-electron chi connectivity index (χ2n) is 4.11. The number of nitrogens with two attached hydrogens (primary N) is 1. The maximum Gasteiger partial charge on any atom is 0.0659 e. The van der Waals surface area contributed by atoms with E-state index in [0.29, 0.717) is 6.54 Å². The van der Waals surface area contributed by atoms with Crippen LogP contribution in [0.5, 0.6) is 0 Å². The summed E-state index contributed by atoms with van der Waals surface area (Å²) in [5.41, 5.74) is 9.27. The molecule has 2 rings (SSSR count). The van der Waals surface area contributed by atoms with E-state index in [4.69, 9.17) is 5.73 Å². The third-order valence-electron chi connectivity index (χ3n) is 2.62. The van der Waals surface area contributed by atoms with E-state index in [1.807, 2.05) is 17.1 Å². The van der Waals surface area contributed by atoms with Crippen molar-refractivity contribution in [1.82, 2.24) is 9.78 Å². The fourth-order valence-corrected chi connectivity index (χ4v) is 1.66. The van der Waals surface area contributed by atoms with Gasteiger partial charge >= 0.3 is 0 Å². The Balaban J connectivity index is 2.09. The molecule has 0 bridgehead atoms. The van der Waals surface area contributed by atoms with Gasteiger partial charge in [-0.25, -0.2) is 0 Å². The number of allylic oxidation sites excluding steroid dienone is 6. The van der Waals surface area contributed by atoms with E-state index >= 15 is 0 Å². The second-order valence-corrected chi connectivity index (χ2v) is 4.11. The van der Waals surface area contributed by atoms with E-state index in [2.05, 4.69) is 36.3 Å². The largest absolute Gasteiger partial charge is 0.326 e. The highest BCUT2D eigenvalue weighted by atomic mass is 15.3. The van der Waals surface area contributed by atoms with Crippen LogP contribution in [-0.4, -0.2) is 9.78 Å². The van der Waals surface area contributed by atoms with Crippen molar-refractivity contribution in [3.8, 4) is 0 Å². The van der Waals surface area contributed by atoms with Crippen LogP contribution in [0.2, 0.25) is 0 Å². The predicted molar refractivity (Wildman–Crippen MR) is 65.7 cm³/mol. The Bertz CT molecular complexity index is 449. The number of rotatable bonds is 3. The van der Waals surface area contributed by atoms with E-state index in [9.17, 15) is 0 Å². The highest BCUT2D eigenvalue weighted by Crippen LogP contribution is 2.12. The molecule has 0 radical (unpaired) electrons. The summed E-state index contributed by atoms with van der Waals surface area (Å²) in [7, 11) is 0. The molecule has 0 saturated heterocycles. The number of nitrogens with zero attached hydrogens (tertiary/aromatic N) is 2. The molecule has 0 aliphatic heterocycles. The highest BCUT2D eigenvalue weighted by Gasteiger charge is 2.00. The van der Waals surface area contributed by atoms with Crippen molar-refractivity contribution in [2.75, 3.05) is 0 Å². The minimum absolute atomic E-state index is 0.550. The van der Waals surface area contributed by atoms with E-state index in [0.717, 1.165) is 18.5 Å². The van der Waals surface area contributed by atoms with Gasteiger partial charge < -0.3 is 5.73 Å². The summed E-state index contributed by atoms with van der Waals surface area (Å²) >= 11 is 0. The molecule has 1 aromatic rings. The lowest BCUT2D eigenvalue weighted by Gasteiger charge is -2.01. The van der Waals surface area contributed by atoms with Gasteiger partial charge in [0.1, 0.15) is 0 Å². The van der Waals surface area contributed by atoms with Crippen molar-refractivity contribution in [3.63, 3.8) is 0 Å². The van der Waals surface area contributed by atoms with E-state index in [1.54, 1.807) is 0 Å². The maximum absolute atomic E-state index is 5.55. The lowest BCUT2D eigenvalue weighted by atomic mass is 10.2. The van der Waals surface area contributed by atoms with Crippen LogP contribution in [0.4, 0.5) is 0 Å². The Morgan fingerprint density at radius 3 is 3.06 bits per heavy atom. The van der Waals surface area contributed by atoms with Gasteiger partial charge in [0, 0.05) is 18.3 Å². The number of hydrogen-bond acceptors (Lipinski definition) is 2. The first-order valence-electron chi connectivity index (χ1n) is 5.52. The fraction of sp³-hybridized carbons (Fsp3) is 0.308. The first-order valence-corrected chi connectivity index (χ1v) is 5.52. The van der Waals surface area contributed by atoms with Gasteiger partial charge in [-0.2, -0.15) is 5.10 Å². The fourth-order valence-electron chi connectivity index (χ4n) is 1.66. The molecule has 3 nitrogen and oxygen atoms in total. The first kappa shape index (κ1) is 10.9. The van der Waals surface area contributed by atoms with E-state index < -0.39 is 0 Å². The van der Waals surface area contributed by atoms with Crippen LogP contribution in [0.3, 0.4) is 0 Å². The molecular weight excluding hydrogens is 198 g/mol. The van der Waals surface area contributed by atoms with Crippen LogP contribution in [-0.2, 0) is 13.1 Å². The van der Waals surface area contributed by atoms with Gasteiger partial charge in [0.2, 0.25) is 0 Å². The zero-order valence-electron chi connectivity index (χ0n) is 9.56. The zero-order valence-corrected chi connectivity index (χ0v) is 9.56. The van der Waals surface area contributed by atoms with Crippen LogP contribution in [0.1, 0.15) is 18.9 Å². The van der Waals surface area contributed by atoms with Crippen molar-refractivity contribution >= 4 is 0 Å². The zero-order chi connectivity index (χ0) is 11.4. The summed E-state index contributed by atoms with van der Waals surface area (Å²) in [5.74, 6) is 0. The third kappa shape index (κ3) is 2.70. The van der Waals surface area contributed by atoms with Crippen molar-refractivity contribution in [2.45, 2.75) is 26.4 Å². The summed E-state index contributed by atoms with van der Waals surface area (Å²) in [4.78, 5) is 0. The Labute approximate surface area is 96.0 Å². The van der Waals surface area contributed by atoms with Crippen LogP contribution in [0.15, 0.2) is 47.8 Å². The Morgan fingerprint density at radius 1 is 1.44 bits per heavy atom. The molecule has 0 aromatic carbocycles. The minimum atomic E-state index is 0.550. The monoisotopic (exact) mass is 215 g/mol. The summed E-state index contributed by atoms with van der Waals surface area (Å²) < 4.78 is 1.92. The summed E-state index contributed by atoms with van der Waals surface area (Å²) in [6.07, 6.45) is 13.5. The molecule has 1 aliphatic rings. The van der Waals surface area contributed by atoms with Crippen molar-refractivity contribution in [3.05, 3.63) is 53.4 Å². The maximum atomic E-state index is 5.55. The van der Waals surface area contributed by atoms with Crippen molar-refractivity contribution < 1.29 is 0 Å². The average molecular weight is 215 g/mol. The lowest BCUT2D eigenvalue weighted by molar-refractivity contribution is 0.685. The van der Waals surface area contributed by atoms with Crippen LogP contribution in [0.25, 0.3) is 0 Å². The molecule has 3 heteroatoms. The van der Waals surface area contributed by atoms with Crippen LogP contribution in [0, 0.1) is 0 Å². The smallest absolute Gasteiger partial charge is 0.0659 e. The minimum Gasteiger partial charge on any atom is -0.326 e. The quantitative estimate of drug-likeness (QED) is 0.839. The Hall–Kier alpha value is -1.61. The molecule has 0 fully saturated rings.